The van der Waals surface area contributed by atoms with E-state index in [0.29, 0.717) is 36.6 Å². The van der Waals surface area contributed by atoms with Crippen LogP contribution in [0.15, 0.2) is 18.2 Å². The van der Waals surface area contributed by atoms with Crippen LogP contribution in [-0.2, 0) is 9.59 Å². The van der Waals surface area contributed by atoms with Crippen molar-refractivity contribution in [3.8, 4) is 17.2 Å². The van der Waals surface area contributed by atoms with Crippen molar-refractivity contribution in [3.05, 3.63) is 18.2 Å². The van der Waals surface area contributed by atoms with Crippen molar-refractivity contribution in [2.24, 2.45) is 0 Å². The lowest BCUT2D eigenvalue weighted by Crippen LogP contribution is -2.46. The molecule has 1 aliphatic heterocycles. The van der Waals surface area contributed by atoms with Gasteiger partial charge in [0.15, 0.2) is 17.6 Å². The third-order valence-electron chi connectivity index (χ3n) is 3.84. The summed E-state index contributed by atoms with van der Waals surface area (Å²) in [6, 6.07) is 4.34. The number of methoxy groups -OCH3 is 2. The third-order valence-corrected chi connectivity index (χ3v) is 3.84. The fourth-order valence-electron chi connectivity index (χ4n) is 2.71. The Bertz CT molecular complexity index is 588. The first-order valence-electron chi connectivity index (χ1n) is 7.40. The van der Waals surface area contributed by atoms with Gasteiger partial charge in [-0.3, -0.25) is 4.79 Å². The van der Waals surface area contributed by atoms with E-state index in [1.165, 1.54) is 19.1 Å². The van der Waals surface area contributed by atoms with Crippen LogP contribution in [0.4, 0.5) is 0 Å². The number of carboxylic acids is 1. The average molecular weight is 323 g/mol. The molecule has 0 aromatic heterocycles. The highest BCUT2D eigenvalue weighted by atomic mass is 16.5. The molecule has 1 fully saturated rings. The normalized spacial score (nSPS) is 18.4. The lowest BCUT2D eigenvalue weighted by molar-refractivity contribution is -0.150. The third kappa shape index (κ3) is 3.49. The van der Waals surface area contributed by atoms with Gasteiger partial charge >= 0.3 is 5.97 Å². The molecule has 1 heterocycles. The Morgan fingerprint density at radius 3 is 2.57 bits per heavy atom. The Labute approximate surface area is 134 Å². The lowest BCUT2D eigenvalue weighted by atomic mass is 10.2. The molecule has 1 aliphatic rings. The smallest absolute Gasteiger partial charge is 0.326 e. The molecule has 1 saturated heterocycles. The highest BCUT2D eigenvalue weighted by Crippen LogP contribution is 2.37. The van der Waals surface area contributed by atoms with Crippen molar-refractivity contribution in [3.63, 3.8) is 0 Å². The number of likely N-dealkylation sites (tertiary alicyclic amines) is 1. The number of carbonyl (C=O) groups excluding carboxylic acids is 1. The Balaban J connectivity index is 2.14. The molecule has 0 aliphatic carbocycles. The number of nitrogens with zero attached hydrogens (tertiary/aromatic N) is 1. The standard InChI is InChI=1S/C16H21NO6/c1-10(15(18)17-9-5-6-11(17)16(19)20)23-13-8-4-7-12(21-2)14(13)22-3/h4,7-8,10-11H,5-6,9H2,1-3H3,(H,19,20). The van der Waals surface area contributed by atoms with E-state index in [1.54, 1.807) is 25.1 Å². The summed E-state index contributed by atoms with van der Waals surface area (Å²) < 4.78 is 16.1. The molecule has 2 unspecified atom stereocenters. The topological polar surface area (TPSA) is 85.3 Å². The monoisotopic (exact) mass is 323 g/mol. The van der Waals surface area contributed by atoms with Crippen LogP contribution in [0.25, 0.3) is 0 Å². The number of rotatable bonds is 6. The summed E-state index contributed by atoms with van der Waals surface area (Å²) in [4.78, 5) is 25.1. The first-order valence-corrected chi connectivity index (χ1v) is 7.40. The van der Waals surface area contributed by atoms with Crippen LogP contribution in [0.5, 0.6) is 17.2 Å². The maximum Gasteiger partial charge on any atom is 0.326 e. The minimum atomic E-state index is -0.984. The molecule has 0 spiro atoms. The maximum atomic E-state index is 12.5. The fourth-order valence-corrected chi connectivity index (χ4v) is 2.71. The summed E-state index contributed by atoms with van der Waals surface area (Å²) in [5, 5.41) is 9.18. The molecule has 0 radical (unpaired) electrons. The highest BCUT2D eigenvalue weighted by molar-refractivity contribution is 5.87. The quantitative estimate of drug-likeness (QED) is 0.855. The van der Waals surface area contributed by atoms with Gasteiger partial charge in [-0.15, -0.1) is 0 Å². The summed E-state index contributed by atoms with van der Waals surface area (Å²) in [6.07, 6.45) is 0.324. The van der Waals surface area contributed by atoms with E-state index < -0.39 is 18.1 Å². The summed E-state index contributed by atoms with van der Waals surface area (Å²) in [7, 11) is 3.00. The number of benzene rings is 1. The molecule has 0 bridgehead atoms. The highest BCUT2D eigenvalue weighted by Gasteiger charge is 2.36. The number of ether oxygens (including phenoxy) is 3. The predicted octanol–water partition coefficient (Wildman–Crippen LogP) is 1.55. The maximum absolute atomic E-state index is 12.5. The van der Waals surface area contributed by atoms with Gasteiger partial charge in [-0.05, 0) is 31.9 Å². The van der Waals surface area contributed by atoms with Crippen LogP contribution in [0.3, 0.4) is 0 Å². The molecule has 1 amide bonds. The van der Waals surface area contributed by atoms with Crippen molar-refractivity contribution in [1.82, 2.24) is 4.90 Å². The van der Waals surface area contributed by atoms with E-state index >= 15 is 0 Å². The second kappa shape index (κ2) is 7.21. The van der Waals surface area contributed by atoms with Crippen molar-refractivity contribution < 1.29 is 28.9 Å². The Morgan fingerprint density at radius 1 is 1.26 bits per heavy atom. The van der Waals surface area contributed by atoms with Crippen LogP contribution >= 0.6 is 0 Å². The number of hydrogen-bond donors (Lipinski definition) is 1. The first-order chi connectivity index (χ1) is 11.0. The van der Waals surface area contributed by atoms with Crippen molar-refractivity contribution in [1.29, 1.82) is 0 Å². The average Bonchev–Trinajstić information content (AvgIpc) is 3.03. The molecule has 2 rings (SSSR count). The van der Waals surface area contributed by atoms with Gasteiger partial charge in [-0.1, -0.05) is 6.07 Å². The predicted molar refractivity (Wildman–Crippen MR) is 82.0 cm³/mol. The molecule has 1 N–H and O–H groups in total. The number of para-hydroxylation sites is 1. The van der Waals surface area contributed by atoms with Crippen LogP contribution in [0.1, 0.15) is 19.8 Å². The van der Waals surface area contributed by atoms with Gasteiger partial charge in [-0.25, -0.2) is 4.79 Å². The lowest BCUT2D eigenvalue weighted by Gasteiger charge is -2.25. The van der Waals surface area contributed by atoms with Gasteiger partial charge in [0.25, 0.3) is 5.91 Å². The summed E-state index contributed by atoms with van der Waals surface area (Å²) >= 11 is 0. The summed E-state index contributed by atoms with van der Waals surface area (Å²) in [5.41, 5.74) is 0. The van der Waals surface area contributed by atoms with E-state index in [4.69, 9.17) is 14.2 Å². The minimum absolute atomic E-state index is 0.347. The number of aliphatic carboxylic acids is 1. The number of carboxylic acid groups (broad SMARTS) is 1. The van der Waals surface area contributed by atoms with Crippen molar-refractivity contribution in [2.45, 2.75) is 31.9 Å². The van der Waals surface area contributed by atoms with Gasteiger partial charge in [0.2, 0.25) is 5.75 Å². The molecule has 126 valence electrons. The second-order valence-electron chi connectivity index (χ2n) is 5.28. The van der Waals surface area contributed by atoms with E-state index in [-0.39, 0.29) is 5.91 Å². The minimum Gasteiger partial charge on any atom is -0.493 e. The molecule has 0 saturated carbocycles. The van der Waals surface area contributed by atoms with Gasteiger partial charge in [0.1, 0.15) is 6.04 Å². The van der Waals surface area contributed by atoms with Crippen LogP contribution in [-0.4, -0.2) is 54.8 Å². The Morgan fingerprint density at radius 2 is 1.96 bits per heavy atom. The van der Waals surface area contributed by atoms with E-state index in [0.717, 1.165) is 0 Å². The Kier molecular flexibility index (Phi) is 5.31. The Hall–Kier alpha value is -2.44. The summed E-state index contributed by atoms with van der Waals surface area (Å²) in [6.45, 7) is 2.03. The van der Waals surface area contributed by atoms with E-state index in [2.05, 4.69) is 0 Å². The van der Waals surface area contributed by atoms with Crippen LogP contribution in [0.2, 0.25) is 0 Å². The zero-order chi connectivity index (χ0) is 17.0. The summed E-state index contributed by atoms with van der Waals surface area (Å²) in [5.74, 6) is -0.0688. The number of carbonyl (C=O) groups is 2. The zero-order valence-electron chi connectivity index (χ0n) is 13.4. The molecular formula is C16H21NO6. The SMILES string of the molecule is COc1cccc(OC(C)C(=O)N2CCCC2C(=O)O)c1OC. The molecular weight excluding hydrogens is 302 g/mol. The molecule has 2 atom stereocenters. The van der Waals surface area contributed by atoms with Gasteiger partial charge in [-0.2, -0.15) is 0 Å². The molecule has 1 aromatic carbocycles. The molecule has 23 heavy (non-hydrogen) atoms. The molecule has 7 nitrogen and oxygen atoms in total. The van der Waals surface area contributed by atoms with Gasteiger partial charge in [0, 0.05) is 6.54 Å². The van der Waals surface area contributed by atoms with Crippen LogP contribution in [0, 0.1) is 0 Å². The number of amides is 1. The van der Waals surface area contributed by atoms with Crippen molar-refractivity contribution >= 4 is 11.9 Å². The second-order valence-corrected chi connectivity index (χ2v) is 5.28. The van der Waals surface area contributed by atoms with E-state index in [9.17, 15) is 14.7 Å². The number of hydrogen-bond acceptors (Lipinski definition) is 5. The molecule has 1 aromatic rings. The van der Waals surface area contributed by atoms with Gasteiger partial charge in [0.05, 0.1) is 14.2 Å². The molecule has 7 heteroatoms. The largest absolute Gasteiger partial charge is 0.493 e. The van der Waals surface area contributed by atoms with Gasteiger partial charge < -0.3 is 24.2 Å². The fraction of sp³-hybridized carbons (Fsp3) is 0.500. The van der Waals surface area contributed by atoms with E-state index in [1.807, 2.05) is 0 Å². The first kappa shape index (κ1) is 16.9. The van der Waals surface area contributed by atoms with Crippen LogP contribution < -0.4 is 14.2 Å². The van der Waals surface area contributed by atoms with Crippen molar-refractivity contribution in [2.75, 3.05) is 20.8 Å². The zero-order valence-corrected chi connectivity index (χ0v) is 13.4.